The van der Waals surface area contributed by atoms with Crippen LogP contribution in [0.1, 0.15) is 23.5 Å². The fourth-order valence-electron chi connectivity index (χ4n) is 2.05. The van der Waals surface area contributed by atoms with Gasteiger partial charge in [0, 0.05) is 23.2 Å². The van der Waals surface area contributed by atoms with Crippen LogP contribution in [0, 0.1) is 6.92 Å². The Labute approximate surface area is 93.1 Å². The van der Waals surface area contributed by atoms with E-state index in [9.17, 15) is 4.79 Å². The van der Waals surface area contributed by atoms with E-state index in [1.807, 2.05) is 19.1 Å². The van der Waals surface area contributed by atoms with Crippen LogP contribution in [0.5, 0.6) is 0 Å². The van der Waals surface area contributed by atoms with E-state index >= 15 is 0 Å². The van der Waals surface area contributed by atoms with Crippen molar-refractivity contribution in [1.82, 2.24) is 0 Å². The number of anilines is 1. The van der Waals surface area contributed by atoms with Crippen LogP contribution in [0.15, 0.2) is 12.1 Å². The summed E-state index contributed by atoms with van der Waals surface area (Å²) in [4.78, 5) is 10.7. The minimum Gasteiger partial charge on any atom is -0.481 e. The molecule has 0 bridgehead atoms. The second kappa shape index (κ2) is 3.74. The molecule has 1 heterocycles. The van der Waals surface area contributed by atoms with Crippen molar-refractivity contribution in [3.63, 3.8) is 0 Å². The number of hydrogen-bond donors (Lipinski definition) is 2. The fourth-order valence-corrected chi connectivity index (χ4v) is 2.36. The van der Waals surface area contributed by atoms with Crippen LogP contribution in [0.25, 0.3) is 0 Å². The molecule has 0 saturated heterocycles. The first-order valence-electron chi connectivity index (χ1n) is 4.84. The molecule has 15 heavy (non-hydrogen) atoms. The van der Waals surface area contributed by atoms with Gasteiger partial charge in [-0.3, -0.25) is 4.79 Å². The molecule has 3 nitrogen and oxygen atoms in total. The van der Waals surface area contributed by atoms with E-state index in [-0.39, 0.29) is 12.3 Å². The molecular weight excluding hydrogens is 214 g/mol. The Hall–Kier alpha value is -1.22. The molecule has 2 N–H and O–H groups in total. The smallest absolute Gasteiger partial charge is 0.304 e. The van der Waals surface area contributed by atoms with Crippen LogP contribution in [0.4, 0.5) is 5.69 Å². The molecule has 1 unspecified atom stereocenters. The third kappa shape index (κ3) is 1.79. The van der Waals surface area contributed by atoms with Gasteiger partial charge in [0.25, 0.3) is 0 Å². The van der Waals surface area contributed by atoms with Gasteiger partial charge in [-0.1, -0.05) is 17.7 Å². The number of carbonyl (C=O) groups is 1. The molecule has 0 fully saturated rings. The van der Waals surface area contributed by atoms with E-state index < -0.39 is 5.97 Å². The normalized spacial score (nSPS) is 18.4. The average Bonchev–Trinajstić information content (AvgIpc) is 2.56. The van der Waals surface area contributed by atoms with Crippen molar-refractivity contribution in [2.75, 3.05) is 11.9 Å². The quantitative estimate of drug-likeness (QED) is 0.814. The monoisotopic (exact) mass is 225 g/mol. The lowest BCUT2D eigenvalue weighted by atomic mass is 9.96. The van der Waals surface area contributed by atoms with E-state index in [1.165, 1.54) is 0 Å². The Morgan fingerprint density at radius 2 is 2.40 bits per heavy atom. The Morgan fingerprint density at radius 3 is 3.07 bits per heavy atom. The number of aryl methyl sites for hydroxylation is 1. The lowest BCUT2D eigenvalue weighted by Crippen LogP contribution is -2.08. The number of rotatable bonds is 2. The molecule has 1 atom stereocenters. The van der Waals surface area contributed by atoms with Crippen molar-refractivity contribution >= 4 is 23.3 Å². The molecule has 4 heteroatoms. The van der Waals surface area contributed by atoms with Gasteiger partial charge in [-0.25, -0.2) is 0 Å². The zero-order valence-corrected chi connectivity index (χ0v) is 9.14. The topological polar surface area (TPSA) is 49.3 Å². The number of fused-ring (bicyclic) bond motifs is 1. The predicted molar refractivity (Wildman–Crippen MR) is 59.7 cm³/mol. The fraction of sp³-hybridized carbons (Fsp3) is 0.364. The third-order valence-electron chi connectivity index (χ3n) is 2.76. The van der Waals surface area contributed by atoms with Crippen molar-refractivity contribution in [3.8, 4) is 0 Å². The van der Waals surface area contributed by atoms with Crippen LogP contribution in [0.3, 0.4) is 0 Å². The highest BCUT2D eigenvalue weighted by atomic mass is 35.5. The predicted octanol–water partition coefficient (Wildman–Crippen LogP) is 2.63. The second-order valence-electron chi connectivity index (χ2n) is 3.83. The highest BCUT2D eigenvalue weighted by Gasteiger charge is 2.27. The summed E-state index contributed by atoms with van der Waals surface area (Å²) in [6.07, 6.45) is 0.128. The molecule has 1 aliphatic heterocycles. The van der Waals surface area contributed by atoms with Crippen molar-refractivity contribution in [2.45, 2.75) is 19.3 Å². The van der Waals surface area contributed by atoms with Crippen molar-refractivity contribution in [2.24, 2.45) is 0 Å². The number of nitrogens with one attached hydrogen (secondary N) is 1. The maximum absolute atomic E-state index is 10.7. The molecule has 0 radical (unpaired) electrons. The number of halogens is 1. The molecular formula is C11H12ClNO2. The first-order chi connectivity index (χ1) is 7.09. The van der Waals surface area contributed by atoms with Crippen LogP contribution in [0.2, 0.25) is 5.02 Å². The lowest BCUT2D eigenvalue weighted by Gasteiger charge is -2.09. The van der Waals surface area contributed by atoms with Gasteiger partial charge >= 0.3 is 5.97 Å². The van der Waals surface area contributed by atoms with Crippen molar-refractivity contribution in [1.29, 1.82) is 0 Å². The number of carboxylic acids is 1. The maximum Gasteiger partial charge on any atom is 0.304 e. The van der Waals surface area contributed by atoms with Gasteiger partial charge in [-0.2, -0.15) is 0 Å². The summed E-state index contributed by atoms with van der Waals surface area (Å²) in [5.74, 6) is -0.794. The Balaban J connectivity index is 2.41. The summed E-state index contributed by atoms with van der Waals surface area (Å²) < 4.78 is 0. The molecule has 0 amide bonds. The highest BCUT2D eigenvalue weighted by Crippen LogP contribution is 2.40. The van der Waals surface area contributed by atoms with Crippen LogP contribution >= 0.6 is 11.6 Å². The van der Waals surface area contributed by atoms with Gasteiger partial charge in [-0.15, -0.1) is 0 Å². The Kier molecular flexibility index (Phi) is 2.57. The number of carboxylic acid groups (broad SMARTS) is 1. The molecule has 1 aromatic carbocycles. The van der Waals surface area contributed by atoms with E-state index in [2.05, 4.69) is 5.32 Å². The van der Waals surface area contributed by atoms with Crippen molar-refractivity contribution < 1.29 is 9.90 Å². The summed E-state index contributed by atoms with van der Waals surface area (Å²) in [6.45, 7) is 2.65. The van der Waals surface area contributed by atoms with Gasteiger partial charge in [-0.05, 0) is 24.1 Å². The Morgan fingerprint density at radius 1 is 1.67 bits per heavy atom. The minimum absolute atomic E-state index is 0.00935. The first kappa shape index (κ1) is 10.3. The van der Waals surface area contributed by atoms with Gasteiger partial charge < -0.3 is 10.4 Å². The maximum atomic E-state index is 10.7. The SMILES string of the molecule is Cc1ccc(Cl)c2c1NCC2CC(=O)O. The zero-order chi connectivity index (χ0) is 11.0. The number of aliphatic carboxylic acids is 1. The Bertz CT molecular complexity index is 417. The summed E-state index contributed by atoms with van der Waals surface area (Å²) in [6, 6.07) is 3.77. The molecule has 0 saturated carbocycles. The molecule has 2 rings (SSSR count). The number of hydrogen-bond acceptors (Lipinski definition) is 2. The largest absolute Gasteiger partial charge is 0.481 e. The standard InChI is InChI=1S/C11H12ClNO2/c1-6-2-3-8(12)10-7(4-9(14)15)5-13-11(6)10/h2-3,7,13H,4-5H2,1H3,(H,14,15). The molecule has 0 aromatic heterocycles. The molecule has 80 valence electrons. The summed E-state index contributed by atoms with van der Waals surface area (Å²) >= 11 is 6.09. The van der Waals surface area contributed by atoms with Gasteiger partial charge in [0.2, 0.25) is 0 Å². The van der Waals surface area contributed by atoms with E-state index in [4.69, 9.17) is 16.7 Å². The second-order valence-corrected chi connectivity index (χ2v) is 4.24. The average molecular weight is 226 g/mol. The minimum atomic E-state index is -0.785. The van der Waals surface area contributed by atoms with Gasteiger partial charge in [0.15, 0.2) is 0 Å². The van der Waals surface area contributed by atoms with Crippen LogP contribution < -0.4 is 5.32 Å². The van der Waals surface area contributed by atoms with Gasteiger partial charge in [0.05, 0.1) is 6.42 Å². The molecule has 1 aromatic rings. The molecule has 0 aliphatic carbocycles. The third-order valence-corrected chi connectivity index (χ3v) is 3.08. The molecule has 1 aliphatic rings. The van der Waals surface area contributed by atoms with Crippen LogP contribution in [-0.4, -0.2) is 17.6 Å². The summed E-state index contributed by atoms with van der Waals surface area (Å²) in [5, 5.41) is 12.7. The van der Waals surface area contributed by atoms with E-state index in [1.54, 1.807) is 0 Å². The zero-order valence-electron chi connectivity index (χ0n) is 8.38. The lowest BCUT2D eigenvalue weighted by molar-refractivity contribution is -0.137. The van der Waals surface area contributed by atoms with Crippen LogP contribution in [-0.2, 0) is 4.79 Å². The molecule has 0 spiro atoms. The van der Waals surface area contributed by atoms with E-state index in [0.29, 0.717) is 11.6 Å². The summed E-state index contributed by atoms with van der Waals surface area (Å²) in [7, 11) is 0. The number of benzene rings is 1. The van der Waals surface area contributed by atoms with E-state index in [0.717, 1.165) is 16.8 Å². The highest BCUT2D eigenvalue weighted by molar-refractivity contribution is 6.32. The van der Waals surface area contributed by atoms with Crippen molar-refractivity contribution in [3.05, 3.63) is 28.3 Å². The summed E-state index contributed by atoms with van der Waals surface area (Å²) in [5.41, 5.74) is 3.08. The van der Waals surface area contributed by atoms with Gasteiger partial charge in [0.1, 0.15) is 0 Å². The first-order valence-corrected chi connectivity index (χ1v) is 5.22.